The highest BCUT2D eigenvalue weighted by atomic mass is 32.2. The zero-order valence-corrected chi connectivity index (χ0v) is 17.3. The number of amides is 1. The van der Waals surface area contributed by atoms with Crippen LogP contribution in [0, 0.1) is 0 Å². The molecule has 2 atom stereocenters. The maximum Gasteiger partial charge on any atom is 0.234 e. The second-order valence-corrected chi connectivity index (χ2v) is 10.5. The standard InChI is InChI=1S/C20H26N2O3S2/c1-3-15-6-8-16(9-7-15)19(17-5-4-11-26-17)21-13-18(23)22-20(2)10-12-27(24,25)14-20/h4-9,11,19,21H,3,10,12-14H2,1-2H3,(H,22,23)/t19-,20-/m0/s1. The molecule has 146 valence electrons. The van der Waals surface area contributed by atoms with Crippen molar-refractivity contribution in [2.24, 2.45) is 0 Å². The smallest absolute Gasteiger partial charge is 0.234 e. The molecule has 0 bridgehead atoms. The Morgan fingerprint density at radius 2 is 2.00 bits per heavy atom. The van der Waals surface area contributed by atoms with Crippen molar-refractivity contribution in [1.29, 1.82) is 0 Å². The fourth-order valence-corrected chi connectivity index (χ4v) is 6.39. The molecule has 1 aliphatic heterocycles. The van der Waals surface area contributed by atoms with Crippen LogP contribution in [0.25, 0.3) is 0 Å². The van der Waals surface area contributed by atoms with E-state index < -0.39 is 15.4 Å². The Hall–Kier alpha value is -1.70. The average molecular weight is 407 g/mol. The Labute approximate surface area is 165 Å². The van der Waals surface area contributed by atoms with E-state index >= 15 is 0 Å². The molecule has 1 aromatic carbocycles. The molecular formula is C20H26N2O3S2. The van der Waals surface area contributed by atoms with Crippen molar-refractivity contribution in [2.45, 2.75) is 38.3 Å². The molecule has 0 spiro atoms. The summed E-state index contributed by atoms with van der Waals surface area (Å²) in [6.07, 6.45) is 1.45. The van der Waals surface area contributed by atoms with E-state index in [2.05, 4.69) is 47.9 Å². The Kier molecular flexibility index (Phi) is 6.03. The summed E-state index contributed by atoms with van der Waals surface area (Å²) in [6.45, 7) is 4.06. The molecule has 0 saturated carbocycles. The largest absolute Gasteiger partial charge is 0.349 e. The molecule has 0 radical (unpaired) electrons. The quantitative estimate of drug-likeness (QED) is 0.741. The number of rotatable bonds is 7. The molecule has 2 heterocycles. The summed E-state index contributed by atoms with van der Waals surface area (Å²) >= 11 is 1.65. The van der Waals surface area contributed by atoms with E-state index in [9.17, 15) is 13.2 Å². The number of hydrogen-bond donors (Lipinski definition) is 2. The molecular weight excluding hydrogens is 380 g/mol. The maximum absolute atomic E-state index is 12.5. The van der Waals surface area contributed by atoms with Gasteiger partial charge in [-0.3, -0.25) is 10.1 Å². The second-order valence-electron chi connectivity index (χ2n) is 7.38. The number of carbonyl (C=O) groups is 1. The molecule has 3 rings (SSSR count). The van der Waals surface area contributed by atoms with E-state index in [0.29, 0.717) is 6.42 Å². The Bertz CT molecular complexity index is 876. The topological polar surface area (TPSA) is 75.3 Å². The SMILES string of the molecule is CCc1ccc([C@H](NCC(=O)N[C@@]2(C)CCS(=O)(=O)C2)c2cccs2)cc1. The zero-order valence-electron chi connectivity index (χ0n) is 15.7. The van der Waals surface area contributed by atoms with Gasteiger partial charge < -0.3 is 5.32 Å². The Morgan fingerprint density at radius 1 is 1.26 bits per heavy atom. The highest BCUT2D eigenvalue weighted by Gasteiger charge is 2.39. The van der Waals surface area contributed by atoms with Gasteiger partial charge in [-0.25, -0.2) is 8.42 Å². The first-order valence-corrected chi connectivity index (χ1v) is 11.9. The number of sulfone groups is 1. The van der Waals surface area contributed by atoms with Crippen molar-refractivity contribution in [3.63, 3.8) is 0 Å². The normalized spacial score (nSPS) is 22.4. The minimum atomic E-state index is -3.05. The van der Waals surface area contributed by atoms with Gasteiger partial charge in [-0.2, -0.15) is 0 Å². The summed E-state index contributed by atoms with van der Waals surface area (Å²) < 4.78 is 23.4. The summed E-state index contributed by atoms with van der Waals surface area (Å²) in [6, 6.07) is 12.4. The van der Waals surface area contributed by atoms with Gasteiger partial charge >= 0.3 is 0 Å². The van der Waals surface area contributed by atoms with Gasteiger partial charge in [0.15, 0.2) is 9.84 Å². The van der Waals surface area contributed by atoms with Gasteiger partial charge in [0, 0.05) is 4.88 Å². The van der Waals surface area contributed by atoms with Crippen molar-refractivity contribution in [3.8, 4) is 0 Å². The van der Waals surface area contributed by atoms with E-state index in [1.807, 2.05) is 11.4 Å². The van der Waals surface area contributed by atoms with Crippen LogP contribution < -0.4 is 10.6 Å². The lowest BCUT2D eigenvalue weighted by atomic mass is 10.0. The number of benzene rings is 1. The minimum absolute atomic E-state index is 0.0125. The predicted molar refractivity (Wildman–Crippen MR) is 110 cm³/mol. The van der Waals surface area contributed by atoms with Crippen molar-refractivity contribution in [3.05, 3.63) is 57.8 Å². The summed E-state index contributed by atoms with van der Waals surface area (Å²) in [5.41, 5.74) is 1.72. The number of aryl methyl sites for hydroxylation is 1. The van der Waals surface area contributed by atoms with Crippen LogP contribution in [0.4, 0.5) is 0 Å². The highest BCUT2D eigenvalue weighted by Crippen LogP contribution is 2.27. The van der Waals surface area contributed by atoms with Gasteiger partial charge in [0.2, 0.25) is 5.91 Å². The van der Waals surface area contributed by atoms with Crippen molar-refractivity contribution in [1.82, 2.24) is 10.6 Å². The molecule has 1 aliphatic rings. The van der Waals surface area contributed by atoms with Crippen LogP contribution >= 0.6 is 11.3 Å². The van der Waals surface area contributed by atoms with Crippen LogP contribution in [-0.4, -0.2) is 37.9 Å². The molecule has 1 amide bonds. The molecule has 1 aromatic heterocycles. The third kappa shape index (κ3) is 5.18. The van der Waals surface area contributed by atoms with Gasteiger partial charge in [-0.1, -0.05) is 37.3 Å². The van der Waals surface area contributed by atoms with Gasteiger partial charge in [-0.05, 0) is 42.3 Å². The summed E-state index contributed by atoms with van der Waals surface area (Å²) in [7, 11) is -3.05. The van der Waals surface area contributed by atoms with E-state index in [1.54, 1.807) is 18.3 Å². The van der Waals surface area contributed by atoms with Crippen LogP contribution in [0.3, 0.4) is 0 Å². The number of hydrogen-bond acceptors (Lipinski definition) is 5. The van der Waals surface area contributed by atoms with Crippen LogP contribution in [0.2, 0.25) is 0 Å². The first kappa shape index (κ1) is 20.0. The third-order valence-corrected chi connectivity index (χ3v) is 7.80. The number of nitrogens with one attached hydrogen (secondary N) is 2. The molecule has 7 heteroatoms. The molecule has 1 saturated heterocycles. The first-order valence-electron chi connectivity index (χ1n) is 9.17. The third-order valence-electron chi connectivity index (χ3n) is 4.96. The number of thiophene rings is 1. The van der Waals surface area contributed by atoms with Crippen molar-refractivity contribution >= 4 is 27.1 Å². The van der Waals surface area contributed by atoms with E-state index in [1.165, 1.54) is 5.56 Å². The molecule has 0 unspecified atom stereocenters. The Balaban J connectivity index is 1.67. The maximum atomic E-state index is 12.5. The lowest BCUT2D eigenvalue weighted by Crippen LogP contribution is -2.50. The first-order chi connectivity index (χ1) is 12.8. The lowest BCUT2D eigenvalue weighted by molar-refractivity contribution is -0.121. The van der Waals surface area contributed by atoms with Crippen molar-refractivity contribution in [2.75, 3.05) is 18.1 Å². The van der Waals surface area contributed by atoms with Gasteiger partial charge in [0.25, 0.3) is 0 Å². The van der Waals surface area contributed by atoms with Gasteiger partial charge in [0.1, 0.15) is 0 Å². The van der Waals surface area contributed by atoms with Gasteiger partial charge in [-0.15, -0.1) is 11.3 Å². The summed E-state index contributed by atoms with van der Waals surface area (Å²) in [4.78, 5) is 13.6. The van der Waals surface area contributed by atoms with Crippen LogP contribution in [0.15, 0.2) is 41.8 Å². The molecule has 1 fully saturated rings. The summed E-state index contributed by atoms with van der Waals surface area (Å²) in [5, 5.41) is 8.26. The fraction of sp³-hybridized carbons (Fsp3) is 0.450. The monoisotopic (exact) mass is 406 g/mol. The van der Waals surface area contributed by atoms with Crippen LogP contribution in [0.1, 0.15) is 42.3 Å². The predicted octanol–water partition coefficient (Wildman–Crippen LogP) is 2.68. The molecule has 2 N–H and O–H groups in total. The van der Waals surface area contributed by atoms with Crippen LogP contribution in [-0.2, 0) is 21.1 Å². The average Bonchev–Trinajstić information content (AvgIpc) is 3.23. The lowest BCUT2D eigenvalue weighted by Gasteiger charge is -2.25. The van der Waals surface area contributed by atoms with Crippen molar-refractivity contribution < 1.29 is 13.2 Å². The second kappa shape index (κ2) is 8.12. The Morgan fingerprint density at radius 3 is 2.56 bits per heavy atom. The molecule has 27 heavy (non-hydrogen) atoms. The minimum Gasteiger partial charge on any atom is -0.349 e. The fourth-order valence-electron chi connectivity index (χ4n) is 3.47. The van der Waals surface area contributed by atoms with Crippen LogP contribution in [0.5, 0.6) is 0 Å². The van der Waals surface area contributed by atoms with E-state index in [0.717, 1.165) is 16.9 Å². The molecule has 2 aromatic rings. The highest BCUT2D eigenvalue weighted by molar-refractivity contribution is 7.91. The van der Waals surface area contributed by atoms with E-state index in [-0.39, 0.29) is 30.0 Å². The van der Waals surface area contributed by atoms with Gasteiger partial charge in [0.05, 0.1) is 29.6 Å². The molecule has 5 nitrogen and oxygen atoms in total. The van der Waals surface area contributed by atoms with E-state index in [4.69, 9.17) is 0 Å². The zero-order chi connectivity index (χ0) is 19.5. The number of carbonyl (C=O) groups excluding carboxylic acids is 1. The summed E-state index contributed by atoms with van der Waals surface area (Å²) in [5.74, 6) is -0.0291. The molecule has 0 aliphatic carbocycles.